The van der Waals surface area contributed by atoms with Crippen molar-refractivity contribution >= 4 is 17.3 Å². The average molecular weight is 367 g/mol. The molecule has 6 heteroatoms. The second-order valence-corrected chi connectivity index (χ2v) is 6.55. The number of aromatic nitrogens is 1. The van der Waals surface area contributed by atoms with Crippen LogP contribution in [-0.4, -0.2) is 48.8 Å². The molecule has 6 nitrogen and oxygen atoms in total. The highest BCUT2D eigenvalue weighted by atomic mass is 16.5. The number of ether oxygens (including phenoxy) is 1. The van der Waals surface area contributed by atoms with E-state index in [1.54, 1.807) is 6.08 Å². The molecule has 1 unspecified atom stereocenters. The van der Waals surface area contributed by atoms with Crippen LogP contribution in [0, 0.1) is 5.92 Å². The molecular formula is C21H25N3O3. The molecule has 3 rings (SSSR count). The maximum atomic E-state index is 10.9. The molecule has 1 aromatic carbocycles. The molecule has 2 aromatic rings. The van der Waals surface area contributed by atoms with Crippen LogP contribution in [0.25, 0.3) is 0 Å². The maximum Gasteiger partial charge on any atom is 0.304 e. The van der Waals surface area contributed by atoms with Crippen LogP contribution >= 0.6 is 0 Å². The fourth-order valence-electron chi connectivity index (χ4n) is 3.23. The van der Waals surface area contributed by atoms with Gasteiger partial charge in [-0.05, 0) is 24.3 Å². The van der Waals surface area contributed by atoms with Gasteiger partial charge in [0.25, 0.3) is 0 Å². The second kappa shape index (κ2) is 9.07. The molecule has 27 heavy (non-hydrogen) atoms. The van der Waals surface area contributed by atoms with Crippen molar-refractivity contribution in [2.75, 3.05) is 42.6 Å². The van der Waals surface area contributed by atoms with Gasteiger partial charge in [0.05, 0.1) is 18.7 Å². The summed E-state index contributed by atoms with van der Waals surface area (Å²) in [6.07, 6.45) is 5.30. The van der Waals surface area contributed by atoms with Gasteiger partial charge in [-0.2, -0.15) is 0 Å². The molecule has 1 atom stereocenters. The minimum absolute atomic E-state index is 0.0241. The van der Waals surface area contributed by atoms with Gasteiger partial charge in [-0.3, -0.25) is 9.78 Å². The van der Waals surface area contributed by atoms with Gasteiger partial charge in [0.1, 0.15) is 5.75 Å². The number of aliphatic carboxylic acids is 1. The zero-order valence-electron chi connectivity index (χ0n) is 15.3. The summed E-state index contributed by atoms with van der Waals surface area (Å²) in [6.45, 7) is 7.65. The lowest BCUT2D eigenvalue weighted by Gasteiger charge is -2.37. The highest BCUT2D eigenvalue weighted by molar-refractivity contribution is 5.67. The minimum atomic E-state index is -0.844. The normalized spacial score (nSPS) is 15.3. The van der Waals surface area contributed by atoms with Crippen LogP contribution < -0.4 is 14.5 Å². The standard InChI is InChI=1S/C21H25N3O3/c1-2-17(15-21(25)26)16-27-20-6-4-3-5-19(20)24-13-11-23(12-14-24)18-7-9-22-10-8-18/h2-10,17H,1,11-16H2,(H,25,26). The highest BCUT2D eigenvalue weighted by Gasteiger charge is 2.20. The minimum Gasteiger partial charge on any atom is -0.491 e. The lowest BCUT2D eigenvalue weighted by molar-refractivity contribution is -0.137. The molecule has 0 amide bonds. The van der Waals surface area contributed by atoms with E-state index in [1.165, 1.54) is 5.69 Å². The van der Waals surface area contributed by atoms with Crippen LogP contribution in [0.15, 0.2) is 61.4 Å². The molecule has 0 saturated carbocycles. The van der Waals surface area contributed by atoms with Crippen molar-refractivity contribution in [2.45, 2.75) is 6.42 Å². The van der Waals surface area contributed by atoms with Crippen LogP contribution in [0.2, 0.25) is 0 Å². The van der Waals surface area contributed by atoms with Crippen molar-refractivity contribution in [2.24, 2.45) is 5.92 Å². The van der Waals surface area contributed by atoms with Gasteiger partial charge in [0.2, 0.25) is 0 Å². The zero-order chi connectivity index (χ0) is 19.1. The summed E-state index contributed by atoms with van der Waals surface area (Å²) in [4.78, 5) is 19.7. The summed E-state index contributed by atoms with van der Waals surface area (Å²) in [6, 6.07) is 12.0. The first-order chi connectivity index (χ1) is 13.2. The van der Waals surface area contributed by atoms with Crippen molar-refractivity contribution < 1.29 is 14.6 Å². The lowest BCUT2D eigenvalue weighted by Crippen LogP contribution is -2.46. The number of anilines is 2. The van der Waals surface area contributed by atoms with E-state index in [0.717, 1.165) is 37.6 Å². The molecule has 0 spiro atoms. The zero-order valence-corrected chi connectivity index (χ0v) is 15.3. The maximum absolute atomic E-state index is 10.9. The predicted octanol–water partition coefficient (Wildman–Crippen LogP) is 3.06. The van der Waals surface area contributed by atoms with Crippen molar-refractivity contribution in [3.05, 3.63) is 61.4 Å². The third-order valence-electron chi connectivity index (χ3n) is 4.74. The smallest absolute Gasteiger partial charge is 0.304 e. The molecule has 1 aliphatic rings. The fourth-order valence-corrected chi connectivity index (χ4v) is 3.23. The van der Waals surface area contributed by atoms with Crippen molar-refractivity contribution in [1.82, 2.24) is 4.98 Å². The molecule has 0 aliphatic carbocycles. The topological polar surface area (TPSA) is 65.9 Å². The SMILES string of the molecule is C=CC(COc1ccccc1N1CCN(c2ccncc2)CC1)CC(=O)O. The van der Waals surface area contributed by atoms with E-state index >= 15 is 0 Å². The molecule has 1 saturated heterocycles. The molecule has 142 valence electrons. The van der Waals surface area contributed by atoms with Gasteiger partial charge in [-0.25, -0.2) is 0 Å². The van der Waals surface area contributed by atoms with Crippen LogP contribution in [0.1, 0.15) is 6.42 Å². The quantitative estimate of drug-likeness (QED) is 0.724. The number of benzene rings is 1. The monoisotopic (exact) mass is 367 g/mol. The highest BCUT2D eigenvalue weighted by Crippen LogP contribution is 2.30. The lowest BCUT2D eigenvalue weighted by atomic mass is 10.1. The van der Waals surface area contributed by atoms with E-state index in [0.29, 0.717) is 6.61 Å². The summed E-state index contributed by atoms with van der Waals surface area (Å²) < 4.78 is 5.96. The number of rotatable bonds is 8. The first-order valence-electron chi connectivity index (χ1n) is 9.13. The molecule has 1 aliphatic heterocycles. The molecule has 2 heterocycles. The van der Waals surface area contributed by atoms with Crippen molar-refractivity contribution in [3.8, 4) is 5.75 Å². The molecule has 0 bridgehead atoms. The van der Waals surface area contributed by atoms with E-state index in [-0.39, 0.29) is 12.3 Å². The van der Waals surface area contributed by atoms with E-state index in [1.807, 2.05) is 42.7 Å². The van der Waals surface area contributed by atoms with E-state index in [4.69, 9.17) is 9.84 Å². The van der Waals surface area contributed by atoms with Crippen LogP contribution in [0.4, 0.5) is 11.4 Å². The molecule has 1 aromatic heterocycles. The van der Waals surface area contributed by atoms with Gasteiger partial charge in [-0.1, -0.05) is 18.2 Å². The number of para-hydroxylation sites is 2. The number of hydrogen-bond acceptors (Lipinski definition) is 5. The molecule has 1 fully saturated rings. The fraction of sp³-hybridized carbons (Fsp3) is 0.333. The third-order valence-corrected chi connectivity index (χ3v) is 4.74. The number of nitrogens with zero attached hydrogens (tertiary/aromatic N) is 3. The largest absolute Gasteiger partial charge is 0.491 e. The Hall–Kier alpha value is -3.02. The molecule has 0 radical (unpaired) electrons. The summed E-state index contributed by atoms with van der Waals surface area (Å²) >= 11 is 0. The Bertz CT molecular complexity index is 758. The van der Waals surface area contributed by atoms with Gasteiger partial charge in [0.15, 0.2) is 0 Å². The Labute approximate surface area is 159 Å². The first kappa shape index (κ1) is 18.8. The summed E-state index contributed by atoms with van der Waals surface area (Å²) in [5.41, 5.74) is 2.24. The van der Waals surface area contributed by atoms with E-state index in [9.17, 15) is 4.79 Å². The van der Waals surface area contributed by atoms with Gasteiger partial charge in [0, 0.05) is 50.2 Å². The van der Waals surface area contributed by atoms with E-state index < -0.39 is 5.97 Å². The first-order valence-corrected chi connectivity index (χ1v) is 9.13. The Kier molecular flexibility index (Phi) is 6.30. The number of pyridine rings is 1. The number of carboxylic acid groups (broad SMARTS) is 1. The molecule has 1 N–H and O–H groups in total. The Morgan fingerprint density at radius 2 is 1.81 bits per heavy atom. The third kappa shape index (κ3) is 5.00. The van der Waals surface area contributed by atoms with E-state index in [2.05, 4.69) is 27.4 Å². The van der Waals surface area contributed by atoms with Gasteiger partial charge < -0.3 is 19.6 Å². The number of piperazine rings is 1. The van der Waals surface area contributed by atoms with Crippen LogP contribution in [0.3, 0.4) is 0 Å². The number of hydrogen-bond donors (Lipinski definition) is 1. The Morgan fingerprint density at radius 3 is 2.48 bits per heavy atom. The van der Waals surface area contributed by atoms with Gasteiger partial charge >= 0.3 is 5.97 Å². The van der Waals surface area contributed by atoms with Crippen LogP contribution in [-0.2, 0) is 4.79 Å². The Balaban J connectivity index is 1.62. The summed E-state index contributed by atoms with van der Waals surface area (Å²) in [5.74, 6) is -0.268. The number of carbonyl (C=O) groups is 1. The summed E-state index contributed by atoms with van der Waals surface area (Å²) in [5, 5.41) is 8.97. The van der Waals surface area contributed by atoms with Gasteiger partial charge in [-0.15, -0.1) is 6.58 Å². The Morgan fingerprint density at radius 1 is 1.15 bits per heavy atom. The molecular weight excluding hydrogens is 342 g/mol. The van der Waals surface area contributed by atoms with Crippen LogP contribution in [0.5, 0.6) is 5.75 Å². The number of carboxylic acids is 1. The summed E-state index contributed by atoms with van der Waals surface area (Å²) in [7, 11) is 0. The average Bonchev–Trinajstić information content (AvgIpc) is 2.72. The van der Waals surface area contributed by atoms with Crippen molar-refractivity contribution in [1.29, 1.82) is 0 Å². The van der Waals surface area contributed by atoms with Crippen molar-refractivity contribution in [3.63, 3.8) is 0 Å². The second-order valence-electron chi connectivity index (χ2n) is 6.55. The predicted molar refractivity (Wildman–Crippen MR) is 107 cm³/mol.